The maximum atomic E-state index is 12.6. The maximum absolute atomic E-state index is 12.6. The van der Waals surface area contributed by atoms with E-state index in [4.69, 9.17) is 5.73 Å². The van der Waals surface area contributed by atoms with Gasteiger partial charge in [-0.05, 0) is 19.5 Å². The van der Waals surface area contributed by atoms with Crippen LogP contribution in [0.3, 0.4) is 0 Å². The van der Waals surface area contributed by atoms with Gasteiger partial charge in [-0.3, -0.25) is 9.69 Å². The zero-order chi connectivity index (χ0) is 12.8. The number of hydrogen-bond acceptors (Lipinski definition) is 4. The molecule has 2 N–H and O–H groups in total. The molecule has 96 valence electrons. The molecule has 0 aromatic heterocycles. The number of methoxy groups -OCH3 is 1. The van der Waals surface area contributed by atoms with Gasteiger partial charge in [0.05, 0.1) is 13.7 Å². The number of carbonyl (C=O) groups excluding carboxylic acids is 1. The Morgan fingerprint density at radius 2 is 2.06 bits per heavy atom. The highest BCUT2D eigenvalue weighted by Crippen LogP contribution is 2.26. The van der Waals surface area contributed by atoms with Crippen molar-refractivity contribution in [3.8, 4) is 0 Å². The van der Waals surface area contributed by atoms with E-state index >= 15 is 0 Å². The van der Waals surface area contributed by atoms with Gasteiger partial charge in [0.15, 0.2) is 0 Å². The van der Waals surface area contributed by atoms with Gasteiger partial charge in [0.2, 0.25) is 0 Å². The van der Waals surface area contributed by atoms with Gasteiger partial charge in [-0.2, -0.15) is 13.2 Å². The Morgan fingerprint density at radius 1 is 1.50 bits per heavy atom. The molecule has 0 spiro atoms. The molecule has 0 aromatic rings. The summed E-state index contributed by atoms with van der Waals surface area (Å²) in [6.07, 6.45) is -4.61. The first-order valence-corrected chi connectivity index (χ1v) is 4.94. The van der Waals surface area contributed by atoms with Crippen molar-refractivity contribution in [2.75, 3.05) is 26.7 Å². The largest absolute Gasteiger partial charge is 0.468 e. The van der Waals surface area contributed by atoms with E-state index in [1.807, 2.05) is 0 Å². The summed E-state index contributed by atoms with van der Waals surface area (Å²) in [5.41, 5.74) is 5.14. The molecule has 0 heterocycles. The first-order valence-electron chi connectivity index (χ1n) is 4.94. The second kappa shape index (κ2) is 6.70. The highest BCUT2D eigenvalue weighted by atomic mass is 19.4. The molecule has 16 heavy (non-hydrogen) atoms. The van der Waals surface area contributed by atoms with Crippen LogP contribution in [0.1, 0.15) is 13.3 Å². The van der Waals surface area contributed by atoms with Crippen molar-refractivity contribution < 1.29 is 22.7 Å². The van der Waals surface area contributed by atoms with Crippen molar-refractivity contribution in [3.63, 3.8) is 0 Å². The van der Waals surface area contributed by atoms with Gasteiger partial charge in [0.1, 0.15) is 6.04 Å². The zero-order valence-electron chi connectivity index (χ0n) is 9.38. The van der Waals surface area contributed by atoms with Crippen molar-refractivity contribution in [2.24, 2.45) is 5.73 Å². The van der Waals surface area contributed by atoms with Gasteiger partial charge >= 0.3 is 12.1 Å². The van der Waals surface area contributed by atoms with Gasteiger partial charge in [-0.15, -0.1) is 0 Å². The molecule has 0 aliphatic heterocycles. The Kier molecular flexibility index (Phi) is 6.35. The van der Waals surface area contributed by atoms with E-state index in [0.717, 1.165) is 12.0 Å². The fraction of sp³-hybridized carbons (Fsp3) is 0.889. The predicted molar refractivity (Wildman–Crippen MR) is 52.8 cm³/mol. The molecule has 1 unspecified atom stereocenters. The topological polar surface area (TPSA) is 55.6 Å². The van der Waals surface area contributed by atoms with Crippen molar-refractivity contribution in [3.05, 3.63) is 0 Å². The van der Waals surface area contributed by atoms with Gasteiger partial charge < -0.3 is 10.5 Å². The summed E-state index contributed by atoms with van der Waals surface area (Å²) in [6, 6.07) is -1.69. The number of likely N-dealkylation sites (N-methyl/N-ethyl adjacent to an activating group) is 1. The molecule has 0 saturated carbocycles. The highest BCUT2D eigenvalue weighted by molar-refractivity contribution is 5.71. The van der Waals surface area contributed by atoms with Crippen molar-refractivity contribution in [1.82, 2.24) is 4.90 Å². The lowest BCUT2D eigenvalue weighted by Crippen LogP contribution is -2.48. The number of nitrogens with two attached hydrogens (primary N) is 1. The van der Waals surface area contributed by atoms with Crippen LogP contribution < -0.4 is 5.73 Å². The Hall–Kier alpha value is -0.820. The lowest BCUT2D eigenvalue weighted by Gasteiger charge is -2.30. The number of esters is 1. The average molecular weight is 242 g/mol. The molecule has 1 atom stereocenters. The van der Waals surface area contributed by atoms with Crippen LogP contribution in [0, 0.1) is 0 Å². The van der Waals surface area contributed by atoms with E-state index in [1.165, 1.54) is 0 Å². The van der Waals surface area contributed by atoms with Gasteiger partial charge in [0, 0.05) is 0 Å². The number of rotatable bonds is 6. The van der Waals surface area contributed by atoms with E-state index < -0.39 is 18.2 Å². The van der Waals surface area contributed by atoms with Crippen molar-refractivity contribution in [1.29, 1.82) is 0 Å². The SMILES string of the molecule is CCN(CC(=O)OC)C(CCN)C(F)(F)F. The van der Waals surface area contributed by atoms with Crippen LogP contribution in [-0.2, 0) is 9.53 Å². The van der Waals surface area contributed by atoms with Crippen molar-refractivity contribution in [2.45, 2.75) is 25.6 Å². The molecule has 0 radical (unpaired) electrons. The zero-order valence-corrected chi connectivity index (χ0v) is 9.38. The summed E-state index contributed by atoms with van der Waals surface area (Å²) in [5, 5.41) is 0. The molecule has 0 amide bonds. The average Bonchev–Trinajstić information content (AvgIpc) is 2.21. The van der Waals surface area contributed by atoms with E-state index in [2.05, 4.69) is 4.74 Å². The monoisotopic (exact) mass is 242 g/mol. The van der Waals surface area contributed by atoms with Crippen LogP contribution in [0.5, 0.6) is 0 Å². The molecule has 0 bridgehead atoms. The van der Waals surface area contributed by atoms with Crippen LogP contribution in [0.25, 0.3) is 0 Å². The number of nitrogens with zero attached hydrogens (tertiary/aromatic N) is 1. The fourth-order valence-electron chi connectivity index (χ4n) is 1.38. The number of hydrogen-bond donors (Lipinski definition) is 1. The second-order valence-electron chi connectivity index (χ2n) is 3.27. The van der Waals surface area contributed by atoms with Gasteiger partial charge in [-0.25, -0.2) is 0 Å². The minimum absolute atomic E-state index is 0.0815. The van der Waals surface area contributed by atoms with Crippen molar-refractivity contribution >= 4 is 5.97 Å². The molecular formula is C9H17F3N2O2. The molecule has 0 aromatic carbocycles. The molecule has 0 saturated heterocycles. The van der Waals surface area contributed by atoms with Gasteiger partial charge in [-0.1, -0.05) is 6.92 Å². The number of halogens is 3. The van der Waals surface area contributed by atoms with Crippen LogP contribution >= 0.6 is 0 Å². The molecule has 0 aliphatic carbocycles. The minimum Gasteiger partial charge on any atom is -0.468 e. The lowest BCUT2D eigenvalue weighted by molar-refractivity contribution is -0.187. The quantitative estimate of drug-likeness (QED) is 0.699. The molecule has 0 fully saturated rings. The number of alkyl halides is 3. The number of ether oxygens (including phenoxy) is 1. The third-order valence-corrected chi connectivity index (χ3v) is 2.22. The van der Waals surface area contributed by atoms with E-state index in [0.29, 0.717) is 0 Å². The molecular weight excluding hydrogens is 225 g/mol. The standard InChI is InChI=1S/C9H17F3N2O2/c1-3-14(6-8(15)16-2)7(4-5-13)9(10,11)12/h7H,3-6,13H2,1-2H3. The van der Waals surface area contributed by atoms with Crippen LogP contribution in [0.4, 0.5) is 13.2 Å². The summed E-state index contributed by atoms with van der Waals surface area (Å²) in [5.74, 6) is -0.687. The molecule has 7 heteroatoms. The van der Waals surface area contributed by atoms with Crippen LogP contribution in [0.15, 0.2) is 0 Å². The summed E-state index contributed by atoms with van der Waals surface area (Å²) in [6.45, 7) is 1.20. The Balaban J connectivity index is 4.64. The van der Waals surface area contributed by atoms with Gasteiger partial charge in [0.25, 0.3) is 0 Å². The van der Waals surface area contributed by atoms with Crippen LogP contribution in [0.2, 0.25) is 0 Å². The molecule has 0 rings (SSSR count). The maximum Gasteiger partial charge on any atom is 0.404 e. The Morgan fingerprint density at radius 3 is 2.38 bits per heavy atom. The minimum atomic E-state index is -4.39. The fourth-order valence-corrected chi connectivity index (χ4v) is 1.38. The Bertz CT molecular complexity index is 221. The summed E-state index contributed by atoms with van der Waals surface area (Å²) in [4.78, 5) is 12.0. The first-order chi connectivity index (χ1) is 7.36. The molecule has 0 aliphatic rings. The summed E-state index contributed by atoms with van der Waals surface area (Å²) in [7, 11) is 1.14. The normalized spacial score (nSPS) is 13.9. The summed E-state index contributed by atoms with van der Waals surface area (Å²) >= 11 is 0. The smallest absolute Gasteiger partial charge is 0.404 e. The lowest BCUT2D eigenvalue weighted by atomic mass is 10.1. The van der Waals surface area contributed by atoms with Crippen LogP contribution in [-0.4, -0.2) is 49.8 Å². The Labute approximate surface area is 92.5 Å². The third kappa shape index (κ3) is 4.80. The van der Waals surface area contributed by atoms with E-state index in [9.17, 15) is 18.0 Å². The first kappa shape index (κ1) is 15.2. The summed E-state index contributed by atoms with van der Waals surface area (Å²) < 4.78 is 42.3. The predicted octanol–water partition coefficient (Wildman–Crippen LogP) is 0.761. The second-order valence-corrected chi connectivity index (χ2v) is 3.27. The third-order valence-electron chi connectivity index (χ3n) is 2.22. The highest BCUT2D eigenvalue weighted by Gasteiger charge is 2.42. The van der Waals surface area contributed by atoms with E-state index in [-0.39, 0.29) is 26.1 Å². The number of carbonyl (C=O) groups is 1. The van der Waals surface area contributed by atoms with E-state index in [1.54, 1.807) is 6.92 Å². The molecule has 4 nitrogen and oxygen atoms in total.